The topological polar surface area (TPSA) is 96.0 Å². The summed E-state index contributed by atoms with van der Waals surface area (Å²) in [6.07, 6.45) is 1.54. The van der Waals surface area contributed by atoms with Crippen LogP contribution < -0.4 is 14.4 Å². The van der Waals surface area contributed by atoms with Crippen molar-refractivity contribution in [3.8, 4) is 5.75 Å². The van der Waals surface area contributed by atoms with Gasteiger partial charge >= 0.3 is 0 Å². The summed E-state index contributed by atoms with van der Waals surface area (Å²) in [4.78, 5) is 27.2. The monoisotopic (exact) mass is 489 g/mol. The molecule has 9 heteroatoms. The molecule has 0 aliphatic rings. The predicted octanol–water partition coefficient (Wildman–Crippen LogP) is 3.10. The van der Waals surface area contributed by atoms with Crippen molar-refractivity contribution in [2.45, 2.75) is 46.2 Å². The van der Waals surface area contributed by atoms with E-state index in [0.29, 0.717) is 30.9 Å². The molecule has 2 aromatic rings. The van der Waals surface area contributed by atoms with Gasteiger partial charge in [0.15, 0.2) is 0 Å². The van der Waals surface area contributed by atoms with Gasteiger partial charge in [-0.1, -0.05) is 35.9 Å². The van der Waals surface area contributed by atoms with Crippen LogP contribution in [0.4, 0.5) is 5.69 Å². The Morgan fingerprint density at radius 2 is 1.79 bits per heavy atom. The molecule has 0 aromatic heterocycles. The lowest BCUT2D eigenvalue weighted by atomic mass is 10.1. The van der Waals surface area contributed by atoms with Gasteiger partial charge in [-0.2, -0.15) is 0 Å². The van der Waals surface area contributed by atoms with Gasteiger partial charge in [-0.05, 0) is 44.9 Å². The van der Waals surface area contributed by atoms with E-state index in [1.54, 1.807) is 36.1 Å². The Balaban J connectivity index is 2.15. The first-order valence-electron chi connectivity index (χ1n) is 11.3. The summed E-state index contributed by atoms with van der Waals surface area (Å²) in [6, 6.07) is 13.9. The van der Waals surface area contributed by atoms with E-state index in [4.69, 9.17) is 4.74 Å². The average molecular weight is 490 g/mol. The number of aryl methyl sites for hydroxylation is 1. The molecule has 1 atom stereocenters. The number of rotatable bonds is 12. The molecule has 0 unspecified atom stereocenters. The lowest BCUT2D eigenvalue weighted by molar-refractivity contribution is -0.140. The minimum Gasteiger partial charge on any atom is -0.497 e. The van der Waals surface area contributed by atoms with Crippen LogP contribution in [0.25, 0.3) is 0 Å². The average Bonchev–Trinajstić information content (AvgIpc) is 2.80. The summed E-state index contributed by atoms with van der Waals surface area (Å²) in [6.45, 7) is 6.42. The zero-order chi connectivity index (χ0) is 25.3. The number of carbonyl (C=O) groups excluding carboxylic acids is 2. The second-order valence-corrected chi connectivity index (χ2v) is 10.1. The van der Waals surface area contributed by atoms with E-state index in [0.717, 1.165) is 17.4 Å². The molecule has 2 amide bonds. The number of anilines is 1. The van der Waals surface area contributed by atoms with Crippen LogP contribution in [-0.2, 0) is 26.2 Å². The van der Waals surface area contributed by atoms with E-state index in [2.05, 4.69) is 5.32 Å². The quantitative estimate of drug-likeness (QED) is 0.494. The van der Waals surface area contributed by atoms with Gasteiger partial charge in [0.1, 0.15) is 11.8 Å². The first kappa shape index (κ1) is 27.2. The minimum atomic E-state index is -3.56. The molecular formula is C25H35N3O5S. The lowest BCUT2D eigenvalue weighted by Gasteiger charge is -2.29. The normalized spacial score (nSPS) is 12.0. The van der Waals surface area contributed by atoms with Gasteiger partial charge < -0.3 is 15.0 Å². The van der Waals surface area contributed by atoms with Crippen molar-refractivity contribution in [1.82, 2.24) is 10.2 Å². The van der Waals surface area contributed by atoms with Crippen molar-refractivity contribution in [3.05, 3.63) is 59.7 Å². The number of likely N-dealkylation sites (N-methyl/N-ethyl adjacent to an activating group) is 1. The Labute approximate surface area is 202 Å². The highest BCUT2D eigenvalue weighted by Crippen LogP contribution is 2.24. The Hall–Kier alpha value is -3.07. The number of amides is 2. The molecular weight excluding hydrogens is 454 g/mol. The molecule has 186 valence electrons. The van der Waals surface area contributed by atoms with Crippen LogP contribution in [0, 0.1) is 6.92 Å². The maximum atomic E-state index is 13.2. The number of ether oxygens (including phenoxy) is 1. The SMILES string of the molecule is CCNC(=O)[C@H](C)N(Cc1ccc(C)cc1)C(=O)CCCN(c1cccc(OC)c1)S(C)(=O)=O. The number of sulfonamides is 1. The van der Waals surface area contributed by atoms with Crippen molar-refractivity contribution in [2.24, 2.45) is 0 Å². The zero-order valence-electron chi connectivity index (χ0n) is 20.6. The summed E-state index contributed by atoms with van der Waals surface area (Å²) in [5.74, 6) is 0.109. The number of nitrogens with one attached hydrogen (secondary N) is 1. The van der Waals surface area contributed by atoms with Crippen LogP contribution in [0.2, 0.25) is 0 Å². The number of methoxy groups -OCH3 is 1. The van der Waals surface area contributed by atoms with Crippen LogP contribution in [0.1, 0.15) is 37.8 Å². The van der Waals surface area contributed by atoms with Crippen molar-refractivity contribution < 1.29 is 22.7 Å². The predicted molar refractivity (Wildman–Crippen MR) is 134 cm³/mol. The van der Waals surface area contributed by atoms with Crippen LogP contribution in [0.3, 0.4) is 0 Å². The Morgan fingerprint density at radius 3 is 2.38 bits per heavy atom. The minimum absolute atomic E-state index is 0.103. The van der Waals surface area contributed by atoms with Crippen molar-refractivity contribution in [3.63, 3.8) is 0 Å². The van der Waals surface area contributed by atoms with Gasteiger partial charge in [0.2, 0.25) is 21.8 Å². The lowest BCUT2D eigenvalue weighted by Crippen LogP contribution is -2.47. The number of nitrogens with zero attached hydrogens (tertiary/aromatic N) is 2. The Kier molecular flexibility index (Phi) is 9.92. The maximum Gasteiger partial charge on any atom is 0.242 e. The first-order valence-corrected chi connectivity index (χ1v) is 13.2. The van der Waals surface area contributed by atoms with Crippen LogP contribution in [0.5, 0.6) is 5.75 Å². The van der Waals surface area contributed by atoms with E-state index in [1.165, 1.54) is 11.4 Å². The van der Waals surface area contributed by atoms with E-state index >= 15 is 0 Å². The molecule has 34 heavy (non-hydrogen) atoms. The molecule has 0 radical (unpaired) electrons. The van der Waals surface area contributed by atoms with Crippen molar-refractivity contribution in [2.75, 3.05) is 30.8 Å². The largest absolute Gasteiger partial charge is 0.497 e. The zero-order valence-corrected chi connectivity index (χ0v) is 21.4. The highest BCUT2D eigenvalue weighted by molar-refractivity contribution is 7.92. The molecule has 2 rings (SSSR count). The van der Waals surface area contributed by atoms with Gasteiger partial charge in [-0.3, -0.25) is 13.9 Å². The molecule has 8 nitrogen and oxygen atoms in total. The Morgan fingerprint density at radius 1 is 1.12 bits per heavy atom. The third kappa shape index (κ3) is 7.76. The third-order valence-electron chi connectivity index (χ3n) is 5.49. The number of carbonyl (C=O) groups is 2. The molecule has 1 N–H and O–H groups in total. The standard InChI is InChI=1S/C25H35N3O5S/c1-6-26-25(30)20(3)27(18-21-14-12-19(2)13-15-21)24(29)11-8-16-28(34(5,31)32)22-9-7-10-23(17-22)33-4/h7,9-10,12-15,17,20H,6,8,11,16,18H2,1-5H3,(H,26,30)/t20-/m0/s1. The molecule has 0 saturated carbocycles. The van der Waals surface area contributed by atoms with Crippen LogP contribution >= 0.6 is 0 Å². The smallest absolute Gasteiger partial charge is 0.242 e. The molecule has 0 spiro atoms. The van der Waals surface area contributed by atoms with E-state index < -0.39 is 16.1 Å². The summed E-state index contributed by atoms with van der Waals surface area (Å²) in [5.41, 5.74) is 2.50. The highest BCUT2D eigenvalue weighted by atomic mass is 32.2. The summed E-state index contributed by atoms with van der Waals surface area (Å²) < 4.78 is 31.3. The maximum absolute atomic E-state index is 13.2. The third-order valence-corrected chi connectivity index (χ3v) is 6.68. The summed E-state index contributed by atoms with van der Waals surface area (Å²) in [7, 11) is -2.05. The first-order chi connectivity index (χ1) is 16.1. The Bertz CT molecular complexity index is 1070. The molecule has 2 aromatic carbocycles. The van der Waals surface area contributed by atoms with Gasteiger partial charge in [-0.25, -0.2) is 8.42 Å². The van der Waals surface area contributed by atoms with Crippen LogP contribution in [-0.4, -0.2) is 57.6 Å². The molecule has 0 bridgehead atoms. The molecule has 0 heterocycles. The summed E-state index contributed by atoms with van der Waals surface area (Å²) >= 11 is 0. The van der Waals surface area contributed by atoms with Gasteiger partial charge in [0, 0.05) is 32.1 Å². The highest BCUT2D eigenvalue weighted by Gasteiger charge is 2.26. The fourth-order valence-corrected chi connectivity index (χ4v) is 4.52. The molecule has 0 aliphatic carbocycles. The molecule has 0 saturated heterocycles. The fraction of sp³-hybridized carbons (Fsp3) is 0.440. The number of hydrogen-bond donors (Lipinski definition) is 1. The van der Waals surface area contributed by atoms with Crippen molar-refractivity contribution in [1.29, 1.82) is 0 Å². The van der Waals surface area contributed by atoms with Gasteiger partial charge in [0.25, 0.3) is 0 Å². The second kappa shape index (κ2) is 12.4. The van der Waals surface area contributed by atoms with Gasteiger partial charge in [0.05, 0.1) is 19.1 Å². The van der Waals surface area contributed by atoms with E-state index in [9.17, 15) is 18.0 Å². The fourth-order valence-electron chi connectivity index (χ4n) is 3.56. The molecule has 0 aliphatic heterocycles. The van der Waals surface area contributed by atoms with E-state index in [-0.39, 0.29) is 24.8 Å². The second-order valence-electron chi connectivity index (χ2n) is 8.22. The van der Waals surface area contributed by atoms with E-state index in [1.807, 2.05) is 38.1 Å². The van der Waals surface area contributed by atoms with Crippen molar-refractivity contribution >= 4 is 27.5 Å². The van der Waals surface area contributed by atoms with Crippen LogP contribution in [0.15, 0.2) is 48.5 Å². The number of benzene rings is 2. The van der Waals surface area contributed by atoms with Gasteiger partial charge in [-0.15, -0.1) is 0 Å². The number of hydrogen-bond acceptors (Lipinski definition) is 5. The molecule has 0 fully saturated rings. The summed E-state index contributed by atoms with van der Waals surface area (Å²) in [5, 5.41) is 2.77.